The highest BCUT2D eigenvalue weighted by Crippen LogP contribution is 2.15. The van der Waals surface area contributed by atoms with Crippen molar-refractivity contribution in [3.8, 4) is 5.75 Å². The van der Waals surface area contributed by atoms with E-state index in [1.807, 2.05) is 6.92 Å². The van der Waals surface area contributed by atoms with Crippen molar-refractivity contribution in [2.75, 3.05) is 18.5 Å². The van der Waals surface area contributed by atoms with Gasteiger partial charge in [-0.3, -0.25) is 4.79 Å². The molecule has 1 aromatic carbocycles. The molecular weight excluding hydrogens is 206 g/mol. The van der Waals surface area contributed by atoms with Gasteiger partial charge in [0.15, 0.2) is 0 Å². The van der Waals surface area contributed by atoms with Crippen LogP contribution in [-0.4, -0.2) is 24.2 Å². The summed E-state index contributed by atoms with van der Waals surface area (Å²) < 4.78 is 5.20. The lowest BCUT2D eigenvalue weighted by molar-refractivity contribution is -0.117. The predicted octanol–water partition coefficient (Wildman–Crippen LogP) is 2.15. The molecule has 16 heavy (non-hydrogen) atoms. The fourth-order valence-corrected chi connectivity index (χ4v) is 1.22. The summed E-state index contributed by atoms with van der Waals surface area (Å²) in [4.78, 5) is 11.4. The highest BCUT2D eigenvalue weighted by atomic mass is 16.5. The standard InChI is InChI=1S/C12H17NO3/c1-2-7-16-8-6-12(15)13-10-4-3-5-11(14)9-10/h3-5,9,14H,2,6-8H2,1H3,(H,13,15). The average Bonchev–Trinajstić information content (AvgIpc) is 2.24. The van der Waals surface area contributed by atoms with Crippen LogP contribution in [0.15, 0.2) is 24.3 Å². The van der Waals surface area contributed by atoms with Crippen molar-refractivity contribution in [1.29, 1.82) is 0 Å². The number of anilines is 1. The van der Waals surface area contributed by atoms with E-state index in [9.17, 15) is 9.90 Å². The highest BCUT2D eigenvalue weighted by Gasteiger charge is 2.02. The van der Waals surface area contributed by atoms with Gasteiger partial charge < -0.3 is 15.2 Å². The van der Waals surface area contributed by atoms with Crippen LogP contribution in [-0.2, 0) is 9.53 Å². The van der Waals surface area contributed by atoms with Crippen LogP contribution in [0.25, 0.3) is 0 Å². The van der Waals surface area contributed by atoms with Crippen LogP contribution in [0.4, 0.5) is 5.69 Å². The summed E-state index contributed by atoms with van der Waals surface area (Å²) in [6.45, 7) is 3.13. The van der Waals surface area contributed by atoms with Gasteiger partial charge in [-0.05, 0) is 18.6 Å². The Labute approximate surface area is 95.2 Å². The van der Waals surface area contributed by atoms with E-state index in [-0.39, 0.29) is 11.7 Å². The monoisotopic (exact) mass is 223 g/mol. The van der Waals surface area contributed by atoms with E-state index in [4.69, 9.17) is 4.74 Å². The normalized spacial score (nSPS) is 10.1. The highest BCUT2D eigenvalue weighted by molar-refractivity contribution is 5.90. The van der Waals surface area contributed by atoms with Crippen LogP contribution in [0.2, 0.25) is 0 Å². The van der Waals surface area contributed by atoms with Crippen molar-refractivity contribution in [2.45, 2.75) is 19.8 Å². The number of carbonyl (C=O) groups is 1. The van der Waals surface area contributed by atoms with Crippen LogP contribution in [0.5, 0.6) is 5.75 Å². The summed E-state index contributed by atoms with van der Waals surface area (Å²) in [6.07, 6.45) is 1.28. The van der Waals surface area contributed by atoms with Crippen LogP contribution in [0.1, 0.15) is 19.8 Å². The zero-order chi connectivity index (χ0) is 11.8. The number of amides is 1. The van der Waals surface area contributed by atoms with Crippen molar-refractivity contribution in [3.05, 3.63) is 24.3 Å². The molecule has 0 bridgehead atoms. The van der Waals surface area contributed by atoms with E-state index >= 15 is 0 Å². The third-order valence-corrected chi connectivity index (χ3v) is 1.95. The molecule has 0 saturated carbocycles. The molecule has 1 amide bonds. The SMILES string of the molecule is CCCOCCC(=O)Nc1cccc(O)c1. The fourth-order valence-electron chi connectivity index (χ4n) is 1.22. The van der Waals surface area contributed by atoms with Gasteiger partial charge in [0.2, 0.25) is 5.91 Å². The predicted molar refractivity (Wildman–Crippen MR) is 62.5 cm³/mol. The molecule has 0 radical (unpaired) electrons. The van der Waals surface area contributed by atoms with E-state index < -0.39 is 0 Å². The molecule has 0 atom stereocenters. The molecule has 0 aliphatic heterocycles. The van der Waals surface area contributed by atoms with Crippen molar-refractivity contribution >= 4 is 11.6 Å². The quantitative estimate of drug-likeness (QED) is 0.726. The van der Waals surface area contributed by atoms with Crippen molar-refractivity contribution < 1.29 is 14.6 Å². The van der Waals surface area contributed by atoms with Crippen LogP contribution in [0.3, 0.4) is 0 Å². The summed E-state index contributed by atoms with van der Waals surface area (Å²) in [7, 11) is 0. The van der Waals surface area contributed by atoms with Crippen molar-refractivity contribution in [3.63, 3.8) is 0 Å². The van der Waals surface area contributed by atoms with E-state index in [0.29, 0.717) is 25.3 Å². The Morgan fingerprint density at radius 3 is 2.94 bits per heavy atom. The number of phenolic OH excluding ortho intramolecular Hbond substituents is 1. The number of carbonyl (C=O) groups excluding carboxylic acids is 1. The molecule has 1 aromatic rings. The summed E-state index contributed by atoms with van der Waals surface area (Å²) in [5, 5.41) is 11.9. The largest absolute Gasteiger partial charge is 0.508 e. The Morgan fingerprint density at radius 1 is 1.44 bits per heavy atom. The molecule has 0 fully saturated rings. The topological polar surface area (TPSA) is 58.6 Å². The number of rotatable bonds is 6. The smallest absolute Gasteiger partial charge is 0.226 e. The minimum atomic E-state index is -0.110. The zero-order valence-corrected chi connectivity index (χ0v) is 9.40. The number of phenols is 1. The van der Waals surface area contributed by atoms with Gasteiger partial charge in [-0.15, -0.1) is 0 Å². The zero-order valence-electron chi connectivity index (χ0n) is 9.40. The number of hydrogen-bond donors (Lipinski definition) is 2. The summed E-state index contributed by atoms with van der Waals surface area (Å²) in [5.41, 5.74) is 0.598. The van der Waals surface area contributed by atoms with Crippen molar-refractivity contribution in [1.82, 2.24) is 0 Å². The first-order valence-electron chi connectivity index (χ1n) is 5.39. The van der Waals surface area contributed by atoms with Crippen LogP contribution < -0.4 is 5.32 Å². The fraction of sp³-hybridized carbons (Fsp3) is 0.417. The first kappa shape index (κ1) is 12.5. The molecule has 0 heterocycles. The van der Waals surface area contributed by atoms with E-state index in [1.165, 1.54) is 6.07 Å². The minimum absolute atomic E-state index is 0.110. The van der Waals surface area contributed by atoms with Crippen molar-refractivity contribution in [2.24, 2.45) is 0 Å². The molecule has 0 aliphatic carbocycles. The van der Waals surface area contributed by atoms with Gasteiger partial charge in [0.05, 0.1) is 13.0 Å². The maximum absolute atomic E-state index is 11.4. The maximum atomic E-state index is 11.4. The second kappa shape index (κ2) is 6.85. The lowest BCUT2D eigenvalue weighted by Crippen LogP contribution is -2.14. The Kier molecular flexibility index (Phi) is 5.36. The number of hydrogen-bond acceptors (Lipinski definition) is 3. The molecule has 88 valence electrons. The summed E-state index contributed by atoms with van der Waals surface area (Å²) in [6, 6.07) is 6.47. The van der Waals surface area contributed by atoms with Gasteiger partial charge in [-0.2, -0.15) is 0 Å². The van der Waals surface area contributed by atoms with Crippen LogP contribution in [0, 0.1) is 0 Å². The molecule has 0 saturated heterocycles. The third-order valence-electron chi connectivity index (χ3n) is 1.95. The second-order valence-corrected chi connectivity index (χ2v) is 3.46. The second-order valence-electron chi connectivity index (χ2n) is 3.46. The number of benzene rings is 1. The molecule has 1 rings (SSSR count). The Morgan fingerprint density at radius 2 is 2.25 bits per heavy atom. The first-order chi connectivity index (χ1) is 7.72. The molecule has 2 N–H and O–H groups in total. The van der Waals surface area contributed by atoms with Gasteiger partial charge in [0, 0.05) is 18.4 Å². The third kappa shape index (κ3) is 4.79. The number of nitrogens with one attached hydrogen (secondary N) is 1. The Balaban J connectivity index is 2.29. The van der Waals surface area contributed by atoms with Gasteiger partial charge in [-0.1, -0.05) is 13.0 Å². The minimum Gasteiger partial charge on any atom is -0.508 e. The molecule has 4 heteroatoms. The number of aromatic hydroxyl groups is 1. The Hall–Kier alpha value is -1.55. The van der Waals surface area contributed by atoms with Crippen LogP contribution >= 0.6 is 0 Å². The van der Waals surface area contributed by atoms with Gasteiger partial charge in [-0.25, -0.2) is 0 Å². The van der Waals surface area contributed by atoms with E-state index in [2.05, 4.69) is 5.32 Å². The first-order valence-corrected chi connectivity index (χ1v) is 5.39. The Bertz CT molecular complexity index is 339. The molecule has 0 spiro atoms. The van der Waals surface area contributed by atoms with E-state index in [0.717, 1.165) is 6.42 Å². The number of ether oxygens (including phenoxy) is 1. The van der Waals surface area contributed by atoms with Gasteiger partial charge in [0.1, 0.15) is 5.75 Å². The molecule has 4 nitrogen and oxygen atoms in total. The average molecular weight is 223 g/mol. The molecular formula is C12H17NO3. The lowest BCUT2D eigenvalue weighted by Gasteiger charge is -2.05. The molecule has 0 unspecified atom stereocenters. The van der Waals surface area contributed by atoms with E-state index in [1.54, 1.807) is 18.2 Å². The summed E-state index contributed by atoms with van der Waals surface area (Å²) in [5.74, 6) is 0.0294. The molecule has 0 aromatic heterocycles. The van der Waals surface area contributed by atoms with Gasteiger partial charge >= 0.3 is 0 Å². The lowest BCUT2D eigenvalue weighted by atomic mass is 10.3. The molecule has 0 aliphatic rings. The summed E-state index contributed by atoms with van der Waals surface area (Å²) >= 11 is 0. The van der Waals surface area contributed by atoms with Gasteiger partial charge in [0.25, 0.3) is 0 Å². The maximum Gasteiger partial charge on any atom is 0.226 e.